The Morgan fingerprint density at radius 1 is 1.33 bits per heavy atom. The highest BCUT2D eigenvalue weighted by Gasteiger charge is 2.32. The molecule has 0 unspecified atom stereocenters. The topological polar surface area (TPSA) is 34.2 Å². The van der Waals surface area contributed by atoms with Gasteiger partial charge in [-0.2, -0.15) is 0 Å². The van der Waals surface area contributed by atoms with E-state index >= 15 is 0 Å². The molecule has 0 bridgehead atoms. The van der Waals surface area contributed by atoms with E-state index in [0.29, 0.717) is 5.41 Å². The van der Waals surface area contributed by atoms with E-state index in [1.54, 1.807) is 11.3 Å². The van der Waals surface area contributed by atoms with Crippen molar-refractivity contribution in [1.82, 2.24) is 4.98 Å². The second-order valence-corrected chi connectivity index (χ2v) is 5.97. The van der Waals surface area contributed by atoms with Gasteiger partial charge in [-0.25, -0.2) is 4.98 Å². The number of anilines is 1. The lowest BCUT2D eigenvalue weighted by molar-refractivity contribution is -0.0924. The first-order valence-corrected chi connectivity index (χ1v) is 6.95. The van der Waals surface area contributed by atoms with Crippen molar-refractivity contribution in [3.8, 4) is 10.6 Å². The molecule has 0 aliphatic carbocycles. The Morgan fingerprint density at radius 3 is 2.67 bits per heavy atom. The first-order valence-electron chi connectivity index (χ1n) is 6.07. The van der Waals surface area contributed by atoms with Crippen LogP contribution in [0.2, 0.25) is 0 Å². The molecule has 2 heterocycles. The molecule has 0 atom stereocenters. The number of nitrogens with zero attached hydrogens (tertiary/aromatic N) is 1. The fraction of sp³-hybridized carbons (Fsp3) is 0.357. The molecule has 1 aliphatic rings. The van der Waals surface area contributed by atoms with Crippen LogP contribution >= 0.6 is 11.3 Å². The molecule has 18 heavy (non-hydrogen) atoms. The molecular formula is C14H16N2OS. The summed E-state index contributed by atoms with van der Waals surface area (Å²) >= 11 is 1.66. The first kappa shape index (κ1) is 11.7. The van der Waals surface area contributed by atoms with Crippen molar-refractivity contribution >= 4 is 17.0 Å². The predicted molar refractivity (Wildman–Crippen MR) is 75.0 cm³/mol. The average Bonchev–Trinajstić information content (AvgIpc) is 2.88. The smallest absolute Gasteiger partial charge is 0.123 e. The summed E-state index contributed by atoms with van der Waals surface area (Å²) in [5.41, 5.74) is 2.63. The second-order valence-electron chi connectivity index (χ2n) is 5.07. The van der Waals surface area contributed by atoms with Crippen LogP contribution in [0.3, 0.4) is 0 Å². The van der Waals surface area contributed by atoms with Crippen LogP contribution in [0.4, 0.5) is 5.69 Å². The summed E-state index contributed by atoms with van der Waals surface area (Å²) in [6.07, 6.45) is 1.84. The van der Waals surface area contributed by atoms with Crippen molar-refractivity contribution in [1.29, 1.82) is 0 Å². The molecule has 0 spiro atoms. The zero-order valence-corrected chi connectivity index (χ0v) is 11.2. The molecule has 1 N–H and O–H groups in total. The molecule has 0 saturated carbocycles. The van der Waals surface area contributed by atoms with Crippen molar-refractivity contribution in [3.63, 3.8) is 0 Å². The van der Waals surface area contributed by atoms with Crippen LogP contribution in [-0.2, 0) is 4.74 Å². The highest BCUT2D eigenvalue weighted by molar-refractivity contribution is 7.13. The summed E-state index contributed by atoms with van der Waals surface area (Å²) in [4.78, 5) is 4.31. The summed E-state index contributed by atoms with van der Waals surface area (Å²) in [7, 11) is 0. The number of aromatic nitrogens is 1. The van der Waals surface area contributed by atoms with E-state index in [0.717, 1.165) is 30.5 Å². The van der Waals surface area contributed by atoms with Crippen LogP contribution in [0.1, 0.15) is 6.92 Å². The minimum atomic E-state index is 0.300. The van der Waals surface area contributed by atoms with Gasteiger partial charge in [-0.3, -0.25) is 0 Å². The molecule has 1 aromatic heterocycles. The Bertz CT molecular complexity index is 503. The lowest BCUT2D eigenvalue weighted by atomic mass is 9.89. The molecule has 4 heteroatoms. The maximum atomic E-state index is 5.25. The number of benzene rings is 1. The lowest BCUT2D eigenvalue weighted by Crippen LogP contribution is -2.45. The monoisotopic (exact) mass is 260 g/mol. The van der Waals surface area contributed by atoms with Gasteiger partial charge < -0.3 is 10.1 Å². The minimum Gasteiger partial charge on any atom is -0.384 e. The molecule has 1 aliphatic heterocycles. The zero-order valence-electron chi connectivity index (χ0n) is 10.3. The van der Waals surface area contributed by atoms with Crippen LogP contribution in [0, 0.1) is 5.41 Å². The molecule has 1 aromatic carbocycles. The number of thiazole rings is 1. The number of ether oxygens (including phenoxy) is 1. The summed E-state index contributed by atoms with van der Waals surface area (Å²) < 4.78 is 5.25. The second kappa shape index (κ2) is 4.71. The molecule has 0 radical (unpaired) electrons. The molecule has 1 saturated heterocycles. The maximum absolute atomic E-state index is 5.25. The zero-order chi connectivity index (χ0) is 12.4. The third-order valence-electron chi connectivity index (χ3n) is 3.18. The van der Waals surface area contributed by atoms with Gasteiger partial charge in [-0.1, -0.05) is 6.92 Å². The van der Waals surface area contributed by atoms with E-state index in [9.17, 15) is 0 Å². The van der Waals surface area contributed by atoms with Crippen molar-refractivity contribution in [2.75, 3.05) is 25.1 Å². The molecule has 94 valence electrons. The summed E-state index contributed by atoms with van der Waals surface area (Å²) in [5.74, 6) is 0. The fourth-order valence-electron chi connectivity index (χ4n) is 1.96. The van der Waals surface area contributed by atoms with E-state index in [-0.39, 0.29) is 0 Å². The first-order chi connectivity index (χ1) is 8.75. The van der Waals surface area contributed by atoms with Gasteiger partial charge in [-0.05, 0) is 24.3 Å². The van der Waals surface area contributed by atoms with Gasteiger partial charge in [-0.15, -0.1) is 11.3 Å². The third-order valence-corrected chi connectivity index (χ3v) is 4.01. The van der Waals surface area contributed by atoms with E-state index in [1.807, 2.05) is 11.6 Å². The van der Waals surface area contributed by atoms with Gasteiger partial charge in [0, 0.05) is 34.8 Å². The highest BCUT2D eigenvalue weighted by Crippen LogP contribution is 2.27. The molecule has 2 aromatic rings. The van der Waals surface area contributed by atoms with Crippen LogP contribution in [0.25, 0.3) is 10.6 Å². The Hall–Kier alpha value is -1.39. The SMILES string of the molecule is CC1(CNc2ccc(-c3nccs3)cc2)COC1. The molecule has 3 nitrogen and oxygen atoms in total. The Balaban J connectivity index is 1.64. The van der Waals surface area contributed by atoms with Gasteiger partial charge in [0.15, 0.2) is 0 Å². The standard InChI is InChI=1S/C14H16N2OS/c1-14(9-17-10-14)8-16-12-4-2-11(3-5-12)13-15-6-7-18-13/h2-7,16H,8-10H2,1H3. The van der Waals surface area contributed by atoms with Crippen molar-refractivity contribution in [2.45, 2.75) is 6.92 Å². The Morgan fingerprint density at radius 2 is 2.11 bits per heavy atom. The Kier molecular flexibility index (Phi) is 3.06. The summed E-state index contributed by atoms with van der Waals surface area (Å²) in [5, 5.41) is 6.53. The average molecular weight is 260 g/mol. The molecule has 3 rings (SSSR count). The van der Waals surface area contributed by atoms with E-state index < -0.39 is 0 Å². The van der Waals surface area contributed by atoms with Crippen LogP contribution in [-0.4, -0.2) is 24.7 Å². The van der Waals surface area contributed by atoms with Gasteiger partial charge >= 0.3 is 0 Å². The van der Waals surface area contributed by atoms with Gasteiger partial charge in [0.05, 0.1) is 13.2 Å². The van der Waals surface area contributed by atoms with Gasteiger partial charge in [0.25, 0.3) is 0 Å². The number of rotatable bonds is 4. The van der Waals surface area contributed by atoms with Crippen LogP contribution in [0.5, 0.6) is 0 Å². The number of hydrogen-bond acceptors (Lipinski definition) is 4. The summed E-state index contributed by atoms with van der Waals surface area (Å²) in [6.45, 7) is 4.92. The van der Waals surface area contributed by atoms with E-state index in [4.69, 9.17) is 4.74 Å². The maximum Gasteiger partial charge on any atom is 0.123 e. The number of hydrogen-bond donors (Lipinski definition) is 1. The number of nitrogens with one attached hydrogen (secondary N) is 1. The van der Waals surface area contributed by atoms with Crippen molar-refractivity contribution in [2.24, 2.45) is 5.41 Å². The quantitative estimate of drug-likeness (QED) is 0.916. The van der Waals surface area contributed by atoms with Crippen molar-refractivity contribution < 1.29 is 4.74 Å². The van der Waals surface area contributed by atoms with Crippen LogP contribution in [0.15, 0.2) is 35.8 Å². The minimum absolute atomic E-state index is 0.300. The van der Waals surface area contributed by atoms with Gasteiger partial charge in [0.1, 0.15) is 5.01 Å². The van der Waals surface area contributed by atoms with E-state index in [2.05, 4.69) is 41.5 Å². The van der Waals surface area contributed by atoms with Crippen LogP contribution < -0.4 is 5.32 Å². The predicted octanol–water partition coefficient (Wildman–Crippen LogP) is 3.26. The third kappa shape index (κ3) is 2.40. The molecule has 0 amide bonds. The van der Waals surface area contributed by atoms with Crippen molar-refractivity contribution in [3.05, 3.63) is 35.8 Å². The lowest BCUT2D eigenvalue weighted by Gasteiger charge is -2.38. The van der Waals surface area contributed by atoms with Gasteiger partial charge in [0.2, 0.25) is 0 Å². The Labute approximate surface area is 111 Å². The largest absolute Gasteiger partial charge is 0.384 e. The highest BCUT2D eigenvalue weighted by atomic mass is 32.1. The molecule has 1 fully saturated rings. The fourth-order valence-corrected chi connectivity index (χ4v) is 2.61. The van der Waals surface area contributed by atoms with E-state index in [1.165, 1.54) is 5.56 Å². The molecular weight excluding hydrogens is 244 g/mol. The summed E-state index contributed by atoms with van der Waals surface area (Å²) in [6, 6.07) is 8.45. The normalized spacial score (nSPS) is 17.2.